The number of phenolic OH excluding ortho intramolecular Hbond substituents is 1. The number of aromatic amines is 1. The molecule has 18 heavy (non-hydrogen) atoms. The Labute approximate surface area is 105 Å². The van der Waals surface area contributed by atoms with Gasteiger partial charge in [-0.2, -0.15) is 0 Å². The molecule has 0 bridgehead atoms. The van der Waals surface area contributed by atoms with Gasteiger partial charge in [0.15, 0.2) is 0 Å². The van der Waals surface area contributed by atoms with E-state index in [0.717, 1.165) is 0 Å². The molecule has 0 amide bonds. The van der Waals surface area contributed by atoms with Gasteiger partial charge in [0.25, 0.3) is 0 Å². The average Bonchev–Trinajstić information content (AvgIpc) is 2.82. The molecule has 0 fully saturated rings. The van der Waals surface area contributed by atoms with E-state index in [4.69, 9.17) is 0 Å². The van der Waals surface area contributed by atoms with Crippen LogP contribution in [0.2, 0.25) is 0 Å². The molecule has 2 rings (SSSR count). The molecule has 0 aliphatic heterocycles. The minimum Gasteiger partial charge on any atom is -0.507 e. The van der Waals surface area contributed by atoms with Gasteiger partial charge >= 0.3 is 0 Å². The number of nitrogens with zero attached hydrogens (tertiary/aromatic N) is 1. The number of nitrogens with one attached hydrogen (secondary N) is 2. The number of para-hydroxylation sites is 1. The first-order valence-electron chi connectivity index (χ1n) is 5.35. The SMILES string of the molecule is O=S(=O)(NCCc1ncc[nH]1)c1ccccc1O. The standard InChI is InChI=1S/C11H13N3O3S/c15-9-3-1-2-4-10(9)18(16,17)14-6-5-11-12-7-8-13-11/h1-4,7-8,14-15H,5-6H2,(H,12,13). The molecular weight excluding hydrogens is 254 g/mol. The van der Waals surface area contributed by atoms with Crippen LogP contribution in [-0.2, 0) is 16.4 Å². The largest absolute Gasteiger partial charge is 0.507 e. The number of hydrogen-bond acceptors (Lipinski definition) is 4. The maximum Gasteiger partial charge on any atom is 0.244 e. The van der Waals surface area contributed by atoms with E-state index in [1.165, 1.54) is 12.1 Å². The lowest BCUT2D eigenvalue weighted by Crippen LogP contribution is -2.26. The lowest BCUT2D eigenvalue weighted by atomic mass is 10.3. The fourth-order valence-electron chi connectivity index (χ4n) is 1.50. The molecule has 1 aromatic heterocycles. The molecule has 0 radical (unpaired) electrons. The summed E-state index contributed by atoms with van der Waals surface area (Å²) in [5.41, 5.74) is 0. The van der Waals surface area contributed by atoms with Crippen LogP contribution in [-0.4, -0.2) is 30.0 Å². The van der Waals surface area contributed by atoms with Crippen molar-refractivity contribution < 1.29 is 13.5 Å². The van der Waals surface area contributed by atoms with Gasteiger partial charge in [0.1, 0.15) is 16.5 Å². The Bertz CT molecular complexity index is 608. The molecule has 3 N–H and O–H groups in total. The number of sulfonamides is 1. The van der Waals surface area contributed by atoms with Crippen LogP contribution in [0, 0.1) is 0 Å². The number of rotatable bonds is 5. The van der Waals surface area contributed by atoms with Crippen LogP contribution in [0.4, 0.5) is 0 Å². The Kier molecular flexibility index (Phi) is 3.63. The first kappa shape index (κ1) is 12.6. The minimum atomic E-state index is -3.69. The van der Waals surface area contributed by atoms with Crippen molar-refractivity contribution in [2.45, 2.75) is 11.3 Å². The molecule has 0 aliphatic rings. The Morgan fingerprint density at radius 1 is 1.33 bits per heavy atom. The highest BCUT2D eigenvalue weighted by Gasteiger charge is 2.17. The van der Waals surface area contributed by atoms with E-state index in [0.29, 0.717) is 12.2 Å². The second-order valence-corrected chi connectivity index (χ2v) is 5.39. The van der Waals surface area contributed by atoms with Crippen molar-refractivity contribution in [3.63, 3.8) is 0 Å². The summed E-state index contributed by atoms with van der Waals surface area (Å²) in [5.74, 6) is 0.443. The second-order valence-electron chi connectivity index (χ2n) is 3.65. The summed E-state index contributed by atoms with van der Waals surface area (Å²) in [6.07, 6.45) is 3.74. The molecule has 0 unspecified atom stereocenters. The maximum atomic E-state index is 11.9. The molecular formula is C11H13N3O3S. The number of hydrogen-bond donors (Lipinski definition) is 3. The number of aromatic nitrogens is 2. The molecule has 1 heterocycles. The second kappa shape index (κ2) is 5.19. The molecule has 7 heteroatoms. The third-order valence-corrected chi connectivity index (χ3v) is 3.87. The van der Waals surface area contributed by atoms with Gasteiger partial charge in [0, 0.05) is 25.4 Å². The van der Waals surface area contributed by atoms with Crippen LogP contribution < -0.4 is 4.72 Å². The van der Waals surface area contributed by atoms with Crippen LogP contribution >= 0.6 is 0 Å². The van der Waals surface area contributed by atoms with Crippen molar-refractivity contribution in [3.05, 3.63) is 42.5 Å². The molecule has 0 aliphatic carbocycles. The zero-order chi connectivity index (χ0) is 13.0. The topological polar surface area (TPSA) is 95.1 Å². The van der Waals surface area contributed by atoms with Crippen molar-refractivity contribution >= 4 is 10.0 Å². The van der Waals surface area contributed by atoms with Gasteiger partial charge < -0.3 is 10.1 Å². The number of H-pyrrole nitrogens is 1. The summed E-state index contributed by atoms with van der Waals surface area (Å²) in [6, 6.07) is 5.81. The summed E-state index contributed by atoms with van der Waals surface area (Å²) in [5, 5.41) is 9.49. The van der Waals surface area contributed by atoms with Crippen molar-refractivity contribution in [1.82, 2.24) is 14.7 Å². The number of aromatic hydroxyl groups is 1. The quantitative estimate of drug-likeness (QED) is 0.740. The van der Waals surface area contributed by atoms with E-state index in [2.05, 4.69) is 14.7 Å². The van der Waals surface area contributed by atoms with E-state index >= 15 is 0 Å². The van der Waals surface area contributed by atoms with Gasteiger partial charge in [-0.15, -0.1) is 0 Å². The number of imidazole rings is 1. The molecule has 0 spiro atoms. The van der Waals surface area contributed by atoms with Gasteiger partial charge in [-0.3, -0.25) is 0 Å². The Hall–Kier alpha value is -1.86. The average molecular weight is 267 g/mol. The lowest BCUT2D eigenvalue weighted by Gasteiger charge is -2.07. The first-order chi connectivity index (χ1) is 8.59. The van der Waals surface area contributed by atoms with Crippen molar-refractivity contribution in [2.24, 2.45) is 0 Å². The van der Waals surface area contributed by atoms with E-state index in [9.17, 15) is 13.5 Å². The normalized spacial score (nSPS) is 11.6. The third kappa shape index (κ3) is 2.88. The molecule has 96 valence electrons. The molecule has 1 aromatic carbocycles. The Morgan fingerprint density at radius 2 is 2.11 bits per heavy atom. The predicted octanol–water partition coefficient (Wildman–Crippen LogP) is 0.636. The van der Waals surface area contributed by atoms with Crippen molar-refractivity contribution in [1.29, 1.82) is 0 Å². The van der Waals surface area contributed by atoms with Gasteiger partial charge in [-0.25, -0.2) is 18.1 Å². The van der Waals surface area contributed by atoms with E-state index in [1.807, 2.05) is 0 Å². The molecule has 6 nitrogen and oxygen atoms in total. The highest BCUT2D eigenvalue weighted by Crippen LogP contribution is 2.20. The van der Waals surface area contributed by atoms with Crippen LogP contribution in [0.15, 0.2) is 41.6 Å². The maximum absolute atomic E-state index is 11.9. The molecule has 0 saturated carbocycles. The Balaban J connectivity index is 2.02. The molecule has 2 aromatic rings. The van der Waals surface area contributed by atoms with E-state index in [-0.39, 0.29) is 17.2 Å². The smallest absolute Gasteiger partial charge is 0.244 e. The lowest BCUT2D eigenvalue weighted by molar-refractivity contribution is 0.458. The molecule has 0 saturated heterocycles. The van der Waals surface area contributed by atoms with Crippen molar-refractivity contribution in [3.8, 4) is 5.75 Å². The van der Waals surface area contributed by atoms with E-state index < -0.39 is 10.0 Å². The van der Waals surface area contributed by atoms with Gasteiger partial charge in [0.2, 0.25) is 10.0 Å². The van der Waals surface area contributed by atoms with Crippen LogP contribution in [0.3, 0.4) is 0 Å². The van der Waals surface area contributed by atoms with Crippen molar-refractivity contribution in [2.75, 3.05) is 6.54 Å². The summed E-state index contributed by atoms with van der Waals surface area (Å²) < 4.78 is 26.2. The zero-order valence-corrected chi connectivity index (χ0v) is 10.3. The van der Waals surface area contributed by atoms with Gasteiger partial charge in [0.05, 0.1) is 0 Å². The van der Waals surface area contributed by atoms with Gasteiger partial charge in [-0.05, 0) is 12.1 Å². The van der Waals surface area contributed by atoms with Gasteiger partial charge in [-0.1, -0.05) is 12.1 Å². The third-order valence-electron chi connectivity index (χ3n) is 2.36. The van der Waals surface area contributed by atoms with Crippen LogP contribution in [0.25, 0.3) is 0 Å². The fraction of sp³-hybridized carbons (Fsp3) is 0.182. The monoisotopic (exact) mass is 267 g/mol. The predicted molar refractivity (Wildman–Crippen MR) is 65.6 cm³/mol. The minimum absolute atomic E-state index is 0.121. The zero-order valence-electron chi connectivity index (χ0n) is 9.50. The number of phenols is 1. The summed E-state index contributed by atoms with van der Waals surface area (Å²) in [4.78, 5) is 6.74. The van der Waals surface area contributed by atoms with E-state index in [1.54, 1.807) is 24.5 Å². The van der Waals surface area contributed by atoms with Crippen LogP contribution in [0.5, 0.6) is 5.75 Å². The summed E-state index contributed by atoms with van der Waals surface area (Å²) in [7, 11) is -3.69. The highest BCUT2D eigenvalue weighted by atomic mass is 32.2. The number of benzene rings is 1. The summed E-state index contributed by atoms with van der Waals surface area (Å²) in [6.45, 7) is 0.212. The fourth-order valence-corrected chi connectivity index (χ4v) is 2.63. The Morgan fingerprint density at radius 3 is 2.78 bits per heavy atom. The first-order valence-corrected chi connectivity index (χ1v) is 6.84. The molecule has 0 atom stereocenters. The summed E-state index contributed by atoms with van der Waals surface area (Å²) >= 11 is 0. The van der Waals surface area contributed by atoms with Crippen LogP contribution in [0.1, 0.15) is 5.82 Å². The highest BCUT2D eigenvalue weighted by molar-refractivity contribution is 7.89.